The van der Waals surface area contributed by atoms with Crippen molar-refractivity contribution in [1.29, 1.82) is 0 Å². The summed E-state index contributed by atoms with van der Waals surface area (Å²) in [6, 6.07) is -1.52. The number of carboxylic acids is 1. The number of hydrogen-bond acceptors (Lipinski definition) is 9. The molecule has 0 spiro atoms. The first-order chi connectivity index (χ1) is 30.6. The van der Waals surface area contributed by atoms with Crippen LogP contribution in [0.1, 0.15) is 277 Å². The van der Waals surface area contributed by atoms with Crippen molar-refractivity contribution in [2.75, 3.05) is 19.8 Å². The van der Waals surface area contributed by atoms with Gasteiger partial charge in [-0.3, -0.25) is 23.4 Å². The first kappa shape index (κ1) is 61.5. The number of unbranched alkanes of at least 4 members (excludes halogenated alkanes) is 37. The third kappa shape index (κ3) is 46.8. The van der Waals surface area contributed by atoms with Crippen LogP contribution in [0.15, 0.2) is 0 Å². The molecule has 0 rings (SSSR count). The van der Waals surface area contributed by atoms with Gasteiger partial charge in [-0.15, -0.1) is 0 Å². The summed E-state index contributed by atoms with van der Waals surface area (Å²) in [5, 5.41) is 8.92. The highest BCUT2D eigenvalue weighted by atomic mass is 31.2. The van der Waals surface area contributed by atoms with Crippen LogP contribution in [-0.4, -0.2) is 59.9 Å². The molecule has 63 heavy (non-hydrogen) atoms. The van der Waals surface area contributed by atoms with Crippen molar-refractivity contribution >= 4 is 25.7 Å². The fourth-order valence-electron chi connectivity index (χ4n) is 7.95. The maximum atomic E-state index is 12.7. The van der Waals surface area contributed by atoms with Gasteiger partial charge in [-0.1, -0.05) is 251 Å². The molecular weight excluding hydrogens is 818 g/mol. The number of phosphoric ester groups is 1. The van der Waals surface area contributed by atoms with Crippen LogP contribution < -0.4 is 5.73 Å². The van der Waals surface area contributed by atoms with Crippen LogP contribution >= 0.6 is 7.82 Å². The molecule has 4 N–H and O–H groups in total. The van der Waals surface area contributed by atoms with Gasteiger partial charge in [0.05, 0.1) is 13.2 Å². The minimum absolute atomic E-state index is 0.170. The Morgan fingerprint density at radius 1 is 0.429 bits per heavy atom. The molecular formula is C51H100NO10P. The van der Waals surface area contributed by atoms with Crippen molar-refractivity contribution in [3.63, 3.8) is 0 Å². The maximum Gasteiger partial charge on any atom is 0.472 e. The number of nitrogens with two attached hydrogens (primary N) is 1. The lowest BCUT2D eigenvalue weighted by Crippen LogP contribution is -2.34. The molecule has 12 heteroatoms. The Labute approximate surface area is 386 Å². The highest BCUT2D eigenvalue weighted by Crippen LogP contribution is 2.43. The largest absolute Gasteiger partial charge is 0.480 e. The Hall–Kier alpha value is -1.52. The Kier molecular flexibility index (Phi) is 45.9. The van der Waals surface area contributed by atoms with E-state index in [1.165, 1.54) is 199 Å². The number of carbonyl (C=O) groups is 3. The third-order valence-electron chi connectivity index (χ3n) is 12.1. The van der Waals surface area contributed by atoms with Crippen LogP contribution in [-0.2, 0) is 37.5 Å². The summed E-state index contributed by atoms with van der Waals surface area (Å²) >= 11 is 0. The average molecular weight is 918 g/mol. The molecule has 0 aliphatic carbocycles. The van der Waals surface area contributed by atoms with E-state index in [0.717, 1.165) is 38.5 Å². The van der Waals surface area contributed by atoms with E-state index in [0.29, 0.717) is 12.8 Å². The zero-order chi connectivity index (χ0) is 46.3. The van der Waals surface area contributed by atoms with Crippen LogP contribution in [0.2, 0.25) is 0 Å². The summed E-state index contributed by atoms with van der Waals surface area (Å²) < 4.78 is 32.9. The molecule has 0 bridgehead atoms. The minimum Gasteiger partial charge on any atom is -0.480 e. The summed E-state index contributed by atoms with van der Waals surface area (Å²) in [6.45, 7) is 2.88. The van der Waals surface area contributed by atoms with E-state index in [1.807, 2.05) is 0 Å². The molecule has 0 amide bonds. The highest BCUT2D eigenvalue weighted by molar-refractivity contribution is 7.47. The standard InChI is InChI=1S/C51H100NO10P/c1-3-5-7-9-11-13-15-17-19-21-23-24-25-27-29-31-33-35-37-39-41-43-50(54)62-47(45-60-63(57,58)61-46-48(52)51(55)56)44-59-49(53)42-40-38-36-34-32-30-28-26-22-20-18-16-14-12-10-8-6-4-2/h47-48H,3-46,52H2,1-2H3,(H,55,56)(H,57,58). The molecule has 3 atom stereocenters. The van der Waals surface area contributed by atoms with Crippen LogP contribution in [0.3, 0.4) is 0 Å². The van der Waals surface area contributed by atoms with E-state index in [2.05, 4.69) is 13.8 Å². The molecule has 0 aromatic rings. The van der Waals surface area contributed by atoms with E-state index in [4.69, 9.17) is 29.4 Å². The summed E-state index contributed by atoms with van der Waals surface area (Å²) in [4.78, 5) is 46.2. The third-order valence-corrected chi connectivity index (χ3v) is 13.1. The second kappa shape index (κ2) is 47.0. The van der Waals surface area contributed by atoms with E-state index in [1.54, 1.807) is 0 Å². The predicted octanol–water partition coefficient (Wildman–Crippen LogP) is 15.0. The number of rotatable bonds is 51. The van der Waals surface area contributed by atoms with E-state index < -0.39 is 51.1 Å². The fraction of sp³-hybridized carbons (Fsp3) is 0.941. The molecule has 374 valence electrons. The molecule has 0 aliphatic heterocycles. The van der Waals surface area contributed by atoms with Gasteiger partial charge in [-0.25, -0.2) is 4.57 Å². The van der Waals surface area contributed by atoms with Crippen molar-refractivity contribution in [2.24, 2.45) is 5.73 Å². The van der Waals surface area contributed by atoms with Gasteiger partial charge < -0.3 is 25.2 Å². The van der Waals surface area contributed by atoms with Crippen LogP contribution in [0.5, 0.6) is 0 Å². The SMILES string of the molecule is CCCCCCCCCCCCCCCCCCCCCCCC(=O)OC(COC(=O)CCCCCCCCCCCCCCCCCCCC)COP(=O)(O)OCC(N)C(=O)O. The molecule has 0 fully saturated rings. The fourth-order valence-corrected chi connectivity index (χ4v) is 8.73. The van der Waals surface area contributed by atoms with Crippen molar-refractivity contribution in [1.82, 2.24) is 0 Å². The second-order valence-electron chi connectivity index (χ2n) is 18.4. The number of hydrogen-bond donors (Lipinski definition) is 3. The lowest BCUT2D eigenvalue weighted by molar-refractivity contribution is -0.161. The predicted molar refractivity (Wildman–Crippen MR) is 259 cm³/mol. The summed E-state index contributed by atoms with van der Waals surface area (Å²) in [5.41, 5.74) is 5.36. The van der Waals surface area contributed by atoms with Crippen molar-refractivity contribution < 1.29 is 47.5 Å². The smallest absolute Gasteiger partial charge is 0.472 e. The number of ether oxygens (including phenoxy) is 2. The lowest BCUT2D eigenvalue weighted by atomic mass is 10.0. The first-order valence-corrected chi connectivity index (χ1v) is 28.1. The van der Waals surface area contributed by atoms with E-state index in [-0.39, 0.29) is 19.4 Å². The Morgan fingerprint density at radius 3 is 1.00 bits per heavy atom. The summed E-state index contributed by atoms with van der Waals surface area (Å²) in [7, 11) is -4.71. The Morgan fingerprint density at radius 2 is 0.698 bits per heavy atom. The molecule has 0 heterocycles. The molecule has 0 aromatic carbocycles. The van der Waals surface area contributed by atoms with Crippen LogP contribution in [0.4, 0.5) is 0 Å². The van der Waals surface area contributed by atoms with E-state index in [9.17, 15) is 23.8 Å². The van der Waals surface area contributed by atoms with Gasteiger partial charge in [0.2, 0.25) is 0 Å². The Balaban J connectivity index is 4.17. The molecule has 0 saturated carbocycles. The molecule has 0 radical (unpaired) electrons. The van der Waals surface area contributed by atoms with Crippen LogP contribution in [0, 0.1) is 0 Å². The molecule has 3 unspecified atom stereocenters. The first-order valence-electron chi connectivity index (χ1n) is 26.6. The van der Waals surface area contributed by atoms with Gasteiger partial charge in [0.15, 0.2) is 6.10 Å². The number of phosphoric acid groups is 1. The molecule has 0 saturated heterocycles. The number of carboxylic acid groups (broad SMARTS) is 1. The molecule has 0 aliphatic rings. The lowest BCUT2D eigenvalue weighted by Gasteiger charge is -2.20. The van der Waals surface area contributed by atoms with Crippen molar-refractivity contribution in [3.8, 4) is 0 Å². The molecule has 11 nitrogen and oxygen atoms in total. The van der Waals surface area contributed by atoms with Gasteiger partial charge >= 0.3 is 25.7 Å². The zero-order valence-corrected chi connectivity index (χ0v) is 41.8. The number of esters is 2. The molecule has 0 aromatic heterocycles. The second-order valence-corrected chi connectivity index (χ2v) is 19.8. The number of aliphatic carboxylic acids is 1. The van der Waals surface area contributed by atoms with Gasteiger partial charge in [-0.2, -0.15) is 0 Å². The normalized spacial score (nSPS) is 13.5. The monoisotopic (exact) mass is 918 g/mol. The summed E-state index contributed by atoms with van der Waals surface area (Å²) in [6.07, 6.45) is 48.8. The quantitative estimate of drug-likeness (QED) is 0.0301. The van der Waals surface area contributed by atoms with E-state index >= 15 is 0 Å². The van der Waals surface area contributed by atoms with Crippen molar-refractivity contribution in [3.05, 3.63) is 0 Å². The van der Waals surface area contributed by atoms with Gasteiger partial charge in [0.25, 0.3) is 0 Å². The topological polar surface area (TPSA) is 172 Å². The average Bonchev–Trinajstić information content (AvgIpc) is 3.26. The zero-order valence-electron chi connectivity index (χ0n) is 41.0. The highest BCUT2D eigenvalue weighted by Gasteiger charge is 2.28. The number of carbonyl (C=O) groups excluding carboxylic acids is 2. The van der Waals surface area contributed by atoms with Crippen molar-refractivity contribution in [2.45, 2.75) is 289 Å². The Bertz CT molecular complexity index is 1080. The minimum atomic E-state index is -4.71. The van der Waals surface area contributed by atoms with Gasteiger partial charge in [-0.05, 0) is 12.8 Å². The van der Waals surface area contributed by atoms with Gasteiger partial charge in [0.1, 0.15) is 12.6 Å². The van der Waals surface area contributed by atoms with Crippen LogP contribution in [0.25, 0.3) is 0 Å². The summed E-state index contributed by atoms with van der Waals surface area (Å²) in [5.74, 6) is -2.35. The van der Waals surface area contributed by atoms with Gasteiger partial charge in [0, 0.05) is 12.8 Å². The maximum absolute atomic E-state index is 12.7.